The van der Waals surface area contributed by atoms with Crippen molar-refractivity contribution in [1.29, 1.82) is 0 Å². The second-order valence-corrected chi connectivity index (χ2v) is 4.10. The van der Waals surface area contributed by atoms with Crippen molar-refractivity contribution in [3.8, 4) is 5.75 Å². The van der Waals surface area contributed by atoms with Crippen LogP contribution in [0.25, 0.3) is 0 Å². The lowest BCUT2D eigenvalue weighted by atomic mass is 10.2. The summed E-state index contributed by atoms with van der Waals surface area (Å²) in [5.74, 6) is -1.41. The Morgan fingerprint density at radius 3 is 2.53 bits per heavy atom. The molecule has 3 nitrogen and oxygen atoms in total. The van der Waals surface area contributed by atoms with Crippen molar-refractivity contribution in [2.75, 3.05) is 0 Å². The molecular formula is C10H8BrF3O3. The summed E-state index contributed by atoms with van der Waals surface area (Å²) in [6, 6.07) is 2.79. The Morgan fingerprint density at radius 1 is 1.47 bits per heavy atom. The number of carbonyl (C=O) groups is 1. The maximum absolute atomic E-state index is 12.4. The van der Waals surface area contributed by atoms with Crippen molar-refractivity contribution in [3.63, 3.8) is 0 Å². The van der Waals surface area contributed by atoms with Crippen LogP contribution in [0.4, 0.5) is 13.2 Å². The van der Waals surface area contributed by atoms with Gasteiger partial charge in [-0.2, -0.15) is 13.2 Å². The fraction of sp³-hybridized carbons (Fsp3) is 0.300. The van der Waals surface area contributed by atoms with Gasteiger partial charge in [0.2, 0.25) is 0 Å². The molecule has 1 aromatic rings. The molecule has 0 radical (unpaired) electrons. The van der Waals surface area contributed by atoms with Crippen molar-refractivity contribution >= 4 is 21.9 Å². The quantitative estimate of drug-likeness (QED) is 0.931. The molecule has 0 saturated carbocycles. The molecule has 0 aliphatic carbocycles. The summed E-state index contributed by atoms with van der Waals surface area (Å²) >= 11 is 2.99. The van der Waals surface area contributed by atoms with E-state index in [0.29, 0.717) is 0 Å². The van der Waals surface area contributed by atoms with Gasteiger partial charge in [-0.05, 0) is 41.1 Å². The summed E-state index contributed by atoms with van der Waals surface area (Å²) in [4.78, 5) is 10.5. The average Bonchev–Trinajstić information content (AvgIpc) is 2.19. The van der Waals surface area contributed by atoms with E-state index in [1.807, 2.05) is 0 Å². The largest absolute Gasteiger partial charge is 0.479 e. The van der Waals surface area contributed by atoms with Crippen molar-refractivity contribution < 1.29 is 27.8 Å². The van der Waals surface area contributed by atoms with E-state index in [1.165, 1.54) is 6.92 Å². The predicted octanol–water partition coefficient (Wildman–Crippen LogP) is 3.32. The van der Waals surface area contributed by atoms with Gasteiger partial charge < -0.3 is 9.84 Å². The average molecular weight is 313 g/mol. The van der Waals surface area contributed by atoms with Crippen molar-refractivity contribution in [2.24, 2.45) is 0 Å². The van der Waals surface area contributed by atoms with E-state index in [2.05, 4.69) is 15.9 Å². The van der Waals surface area contributed by atoms with E-state index in [0.717, 1.165) is 18.2 Å². The second kappa shape index (κ2) is 4.95. The number of aliphatic carboxylic acids is 1. The minimum Gasteiger partial charge on any atom is -0.479 e. The smallest absolute Gasteiger partial charge is 0.416 e. The standard InChI is InChI=1S/C10H8BrF3O3/c1-5(9(15)16)17-8-4-6(10(12,13)14)2-3-7(8)11/h2-5H,1H3,(H,15,16). The molecular weight excluding hydrogens is 305 g/mol. The van der Waals surface area contributed by atoms with Gasteiger partial charge in [-0.3, -0.25) is 0 Å². The van der Waals surface area contributed by atoms with E-state index >= 15 is 0 Å². The number of rotatable bonds is 3. The zero-order valence-corrected chi connectivity index (χ0v) is 10.2. The Bertz CT molecular complexity index is 431. The topological polar surface area (TPSA) is 46.5 Å². The lowest BCUT2D eigenvalue weighted by Gasteiger charge is -2.14. The van der Waals surface area contributed by atoms with Crippen molar-refractivity contribution in [1.82, 2.24) is 0 Å². The van der Waals surface area contributed by atoms with Gasteiger partial charge in [0.25, 0.3) is 0 Å². The van der Waals surface area contributed by atoms with Gasteiger partial charge in [0.15, 0.2) is 6.10 Å². The monoisotopic (exact) mass is 312 g/mol. The highest BCUT2D eigenvalue weighted by Crippen LogP contribution is 2.35. The highest BCUT2D eigenvalue weighted by molar-refractivity contribution is 9.10. The summed E-state index contributed by atoms with van der Waals surface area (Å²) < 4.78 is 42.4. The number of hydrogen-bond acceptors (Lipinski definition) is 2. The maximum atomic E-state index is 12.4. The molecule has 1 unspecified atom stereocenters. The first-order valence-electron chi connectivity index (χ1n) is 4.48. The van der Waals surface area contributed by atoms with Crippen LogP contribution in [0.15, 0.2) is 22.7 Å². The number of carboxylic acids is 1. The van der Waals surface area contributed by atoms with Crippen LogP contribution in [0.5, 0.6) is 5.75 Å². The van der Waals surface area contributed by atoms with Gasteiger partial charge in [0.1, 0.15) is 5.75 Å². The van der Waals surface area contributed by atoms with Crippen LogP contribution in [0.3, 0.4) is 0 Å². The van der Waals surface area contributed by atoms with Gasteiger partial charge >= 0.3 is 12.1 Å². The van der Waals surface area contributed by atoms with Crippen LogP contribution in [-0.4, -0.2) is 17.2 Å². The molecule has 1 N–H and O–H groups in total. The lowest BCUT2D eigenvalue weighted by Crippen LogP contribution is -2.23. The Morgan fingerprint density at radius 2 is 2.06 bits per heavy atom. The summed E-state index contributed by atoms with van der Waals surface area (Å²) in [5.41, 5.74) is -0.895. The number of halogens is 4. The minimum atomic E-state index is -4.49. The first-order valence-corrected chi connectivity index (χ1v) is 5.27. The molecule has 0 amide bonds. The number of ether oxygens (including phenoxy) is 1. The molecule has 0 aromatic heterocycles. The molecule has 0 saturated heterocycles. The zero-order chi connectivity index (χ0) is 13.2. The summed E-state index contributed by atoms with van der Waals surface area (Å²) in [6.45, 7) is 1.23. The Balaban J connectivity index is 3.03. The van der Waals surface area contributed by atoms with Gasteiger partial charge in [-0.25, -0.2) is 4.79 Å². The van der Waals surface area contributed by atoms with Crippen molar-refractivity contribution in [2.45, 2.75) is 19.2 Å². The van der Waals surface area contributed by atoms with E-state index in [-0.39, 0.29) is 10.2 Å². The predicted molar refractivity (Wildman–Crippen MR) is 56.9 cm³/mol. The maximum Gasteiger partial charge on any atom is 0.416 e. The number of alkyl halides is 3. The molecule has 0 spiro atoms. The summed E-state index contributed by atoms with van der Waals surface area (Å²) in [5, 5.41) is 8.60. The van der Waals surface area contributed by atoms with E-state index in [9.17, 15) is 18.0 Å². The lowest BCUT2D eigenvalue weighted by molar-refractivity contribution is -0.144. The van der Waals surface area contributed by atoms with Crippen LogP contribution < -0.4 is 4.74 Å². The molecule has 0 aliphatic rings. The Labute approximate surface area is 103 Å². The van der Waals surface area contributed by atoms with Crippen LogP contribution in [0.2, 0.25) is 0 Å². The molecule has 0 bridgehead atoms. The second-order valence-electron chi connectivity index (χ2n) is 3.24. The van der Waals surface area contributed by atoms with Gasteiger partial charge in [0, 0.05) is 0 Å². The number of carboxylic acid groups (broad SMARTS) is 1. The molecule has 1 rings (SSSR count). The molecule has 17 heavy (non-hydrogen) atoms. The van der Waals surface area contributed by atoms with Crippen LogP contribution in [-0.2, 0) is 11.0 Å². The molecule has 7 heteroatoms. The molecule has 0 fully saturated rings. The SMILES string of the molecule is CC(Oc1cc(C(F)(F)F)ccc1Br)C(=O)O. The van der Waals surface area contributed by atoms with E-state index in [1.54, 1.807) is 0 Å². The number of hydrogen-bond donors (Lipinski definition) is 1. The fourth-order valence-electron chi connectivity index (χ4n) is 1.01. The first kappa shape index (κ1) is 13.8. The van der Waals surface area contributed by atoms with E-state index < -0.39 is 23.8 Å². The van der Waals surface area contributed by atoms with E-state index in [4.69, 9.17) is 9.84 Å². The highest BCUT2D eigenvalue weighted by Gasteiger charge is 2.31. The van der Waals surface area contributed by atoms with Crippen molar-refractivity contribution in [3.05, 3.63) is 28.2 Å². The zero-order valence-electron chi connectivity index (χ0n) is 8.58. The highest BCUT2D eigenvalue weighted by atomic mass is 79.9. The van der Waals surface area contributed by atoms with Crippen LogP contribution in [0, 0.1) is 0 Å². The van der Waals surface area contributed by atoms with Crippen LogP contribution in [0.1, 0.15) is 12.5 Å². The Hall–Kier alpha value is -1.24. The fourth-order valence-corrected chi connectivity index (χ4v) is 1.35. The molecule has 0 heterocycles. The van der Waals surface area contributed by atoms with Crippen LogP contribution >= 0.6 is 15.9 Å². The minimum absolute atomic E-state index is 0.158. The molecule has 1 aromatic carbocycles. The third-order valence-corrected chi connectivity index (χ3v) is 2.57. The third kappa shape index (κ3) is 3.62. The summed E-state index contributed by atoms with van der Waals surface area (Å²) in [6.07, 6.45) is -5.72. The first-order chi connectivity index (χ1) is 7.71. The normalized spacial score (nSPS) is 13.2. The van der Waals surface area contributed by atoms with Gasteiger partial charge in [-0.1, -0.05) is 0 Å². The number of benzene rings is 1. The summed E-state index contributed by atoms with van der Waals surface area (Å²) in [7, 11) is 0. The van der Waals surface area contributed by atoms with Gasteiger partial charge in [0.05, 0.1) is 10.0 Å². The molecule has 94 valence electrons. The molecule has 1 atom stereocenters. The third-order valence-electron chi connectivity index (χ3n) is 1.91. The Kier molecular flexibility index (Phi) is 4.03. The van der Waals surface area contributed by atoms with Gasteiger partial charge in [-0.15, -0.1) is 0 Å². The molecule has 0 aliphatic heterocycles.